The van der Waals surface area contributed by atoms with Gasteiger partial charge in [-0.15, -0.1) is 11.8 Å². The van der Waals surface area contributed by atoms with E-state index in [1.165, 1.54) is 7.11 Å². The lowest BCUT2D eigenvalue weighted by Crippen LogP contribution is -2.42. The van der Waals surface area contributed by atoms with Crippen LogP contribution in [-0.2, 0) is 0 Å². The van der Waals surface area contributed by atoms with E-state index >= 15 is 0 Å². The largest absolute Gasteiger partial charge is 0.496 e. The van der Waals surface area contributed by atoms with Gasteiger partial charge in [0.2, 0.25) is 0 Å². The summed E-state index contributed by atoms with van der Waals surface area (Å²) in [4.78, 5) is 25.5. The van der Waals surface area contributed by atoms with Crippen LogP contribution in [0, 0.1) is 13.8 Å². The van der Waals surface area contributed by atoms with Gasteiger partial charge in [0.15, 0.2) is 0 Å². The zero-order valence-corrected chi connectivity index (χ0v) is 14.9. The third-order valence-electron chi connectivity index (χ3n) is 3.57. The van der Waals surface area contributed by atoms with Gasteiger partial charge in [-0.2, -0.15) is 0 Å². The van der Waals surface area contributed by atoms with Crippen molar-refractivity contribution in [3.05, 3.63) is 58.7 Å². The smallest absolute Gasteiger partial charge is 0.273 e. The van der Waals surface area contributed by atoms with Gasteiger partial charge in [0.05, 0.1) is 12.7 Å². The number of thioether (sulfide) groups is 1. The molecule has 5 nitrogen and oxygen atoms in total. The van der Waals surface area contributed by atoms with Crippen LogP contribution in [-0.4, -0.2) is 25.2 Å². The molecule has 0 spiro atoms. The van der Waals surface area contributed by atoms with Gasteiger partial charge in [-0.05, 0) is 49.9 Å². The van der Waals surface area contributed by atoms with Crippen molar-refractivity contribution in [2.45, 2.75) is 18.7 Å². The van der Waals surface area contributed by atoms with E-state index in [0.717, 1.165) is 16.0 Å². The summed E-state index contributed by atoms with van der Waals surface area (Å²) in [5.74, 6) is -0.335. The fourth-order valence-corrected chi connectivity index (χ4v) is 2.73. The first-order valence-corrected chi connectivity index (χ1v) is 8.58. The number of hydrazine groups is 1. The quantitative estimate of drug-likeness (QED) is 0.661. The van der Waals surface area contributed by atoms with Gasteiger partial charge in [0.25, 0.3) is 11.8 Å². The molecule has 0 radical (unpaired) electrons. The standard InChI is InChI=1S/C18H20N2O3S/c1-11-5-7-14(12(2)9-11)17(21)19-20-18(22)15-8-6-13(24-4)10-16(15)23-3/h5-10H,1-4H3,(H,19,21)(H,20,22). The third-order valence-corrected chi connectivity index (χ3v) is 4.29. The van der Waals surface area contributed by atoms with Crippen molar-refractivity contribution in [2.24, 2.45) is 0 Å². The number of hydrogen-bond donors (Lipinski definition) is 2. The molecule has 0 saturated heterocycles. The second kappa shape index (κ2) is 7.88. The maximum atomic E-state index is 12.3. The van der Waals surface area contributed by atoms with Crippen molar-refractivity contribution in [3.63, 3.8) is 0 Å². The molecule has 6 heteroatoms. The Morgan fingerprint density at radius 3 is 2.17 bits per heavy atom. The summed E-state index contributed by atoms with van der Waals surface area (Å²) in [5, 5.41) is 0. The Kier molecular flexibility index (Phi) is 5.87. The number of carbonyl (C=O) groups excluding carboxylic acids is 2. The number of amides is 2. The number of carbonyl (C=O) groups is 2. The van der Waals surface area contributed by atoms with Crippen molar-refractivity contribution in [1.82, 2.24) is 10.9 Å². The van der Waals surface area contributed by atoms with Crippen LogP contribution in [0.3, 0.4) is 0 Å². The second-order valence-corrected chi connectivity index (χ2v) is 6.17. The molecule has 0 aliphatic heterocycles. The van der Waals surface area contributed by atoms with Gasteiger partial charge in [-0.1, -0.05) is 17.7 Å². The summed E-state index contributed by atoms with van der Waals surface area (Å²) in [7, 11) is 1.50. The average Bonchev–Trinajstić information content (AvgIpc) is 2.58. The molecule has 0 aliphatic rings. The predicted octanol–water partition coefficient (Wildman–Crippen LogP) is 3.11. The summed E-state index contributed by atoms with van der Waals surface area (Å²) < 4.78 is 5.25. The molecule has 2 aromatic rings. The van der Waals surface area contributed by atoms with E-state index < -0.39 is 5.91 Å². The highest BCUT2D eigenvalue weighted by Crippen LogP contribution is 2.25. The Balaban J connectivity index is 2.09. The minimum atomic E-state index is -0.433. The molecule has 0 atom stereocenters. The highest BCUT2D eigenvalue weighted by Gasteiger charge is 2.15. The highest BCUT2D eigenvalue weighted by molar-refractivity contribution is 7.98. The molecule has 2 amide bonds. The lowest BCUT2D eigenvalue weighted by Gasteiger charge is -2.12. The summed E-state index contributed by atoms with van der Waals surface area (Å²) >= 11 is 1.56. The van der Waals surface area contributed by atoms with Crippen LogP contribution in [0.1, 0.15) is 31.8 Å². The highest BCUT2D eigenvalue weighted by atomic mass is 32.2. The van der Waals surface area contributed by atoms with Gasteiger partial charge < -0.3 is 4.74 Å². The number of ether oxygens (including phenoxy) is 1. The topological polar surface area (TPSA) is 67.4 Å². The SMILES string of the molecule is COc1cc(SC)ccc1C(=O)NNC(=O)c1ccc(C)cc1C. The third kappa shape index (κ3) is 4.08. The number of rotatable bonds is 4. The van der Waals surface area contributed by atoms with Crippen LogP contribution in [0.2, 0.25) is 0 Å². The van der Waals surface area contributed by atoms with Gasteiger partial charge in [0, 0.05) is 10.5 Å². The summed E-state index contributed by atoms with van der Waals surface area (Å²) in [6.07, 6.45) is 1.94. The van der Waals surface area contributed by atoms with Crippen LogP contribution in [0.5, 0.6) is 5.75 Å². The van der Waals surface area contributed by atoms with Crippen LogP contribution in [0.4, 0.5) is 0 Å². The van der Waals surface area contributed by atoms with Crippen molar-refractivity contribution >= 4 is 23.6 Å². The van der Waals surface area contributed by atoms with Gasteiger partial charge >= 0.3 is 0 Å². The minimum Gasteiger partial charge on any atom is -0.496 e. The number of methoxy groups -OCH3 is 1. The molecule has 0 heterocycles. The Bertz CT molecular complexity index is 775. The van der Waals surface area contributed by atoms with Gasteiger partial charge in [0.1, 0.15) is 5.75 Å². The molecule has 0 unspecified atom stereocenters. The van der Waals surface area contributed by atoms with E-state index in [-0.39, 0.29) is 5.91 Å². The predicted molar refractivity (Wildman–Crippen MR) is 95.6 cm³/mol. The molecule has 0 aromatic heterocycles. The van der Waals surface area contributed by atoms with Crippen molar-refractivity contribution < 1.29 is 14.3 Å². The Labute approximate surface area is 145 Å². The van der Waals surface area contributed by atoms with E-state index in [9.17, 15) is 9.59 Å². The molecule has 2 N–H and O–H groups in total. The monoisotopic (exact) mass is 344 g/mol. The Hall–Kier alpha value is -2.47. The van der Waals surface area contributed by atoms with Crippen molar-refractivity contribution in [2.75, 3.05) is 13.4 Å². The van der Waals surface area contributed by atoms with Crippen LogP contribution in [0.15, 0.2) is 41.3 Å². The van der Waals surface area contributed by atoms with Crippen molar-refractivity contribution in [3.8, 4) is 5.75 Å². The molecular formula is C18H20N2O3S. The fraction of sp³-hybridized carbons (Fsp3) is 0.222. The van der Waals surface area contributed by atoms with E-state index in [4.69, 9.17) is 4.74 Å². The molecule has 2 aromatic carbocycles. The lowest BCUT2D eigenvalue weighted by atomic mass is 10.1. The molecular weight excluding hydrogens is 324 g/mol. The van der Waals surface area contributed by atoms with Crippen LogP contribution < -0.4 is 15.6 Å². The van der Waals surface area contributed by atoms with Crippen LogP contribution >= 0.6 is 11.8 Å². The first kappa shape index (κ1) is 17.9. The average molecular weight is 344 g/mol. The number of hydrogen-bond acceptors (Lipinski definition) is 4. The number of nitrogens with one attached hydrogen (secondary N) is 2. The fourth-order valence-electron chi connectivity index (χ4n) is 2.30. The molecule has 0 aliphatic carbocycles. The second-order valence-electron chi connectivity index (χ2n) is 5.29. The first-order valence-electron chi connectivity index (χ1n) is 7.36. The summed E-state index contributed by atoms with van der Waals surface area (Å²) in [6.45, 7) is 3.81. The Morgan fingerprint density at radius 2 is 1.58 bits per heavy atom. The maximum Gasteiger partial charge on any atom is 0.273 e. The minimum absolute atomic E-state index is 0.358. The van der Waals surface area contributed by atoms with E-state index in [1.54, 1.807) is 30.0 Å². The maximum absolute atomic E-state index is 12.3. The zero-order valence-electron chi connectivity index (χ0n) is 14.1. The molecule has 0 saturated carbocycles. The molecule has 0 fully saturated rings. The van der Waals surface area contributed by atoms with E-state index in [2.05, 4.69) is 10.9 Å². The van der Waals surface area contributed by atoms with Crippen molar-refractivity contribution in [1.29, 1.82) is 0 Å². The molecule has 126 valence electrons. The number of aryl methyl sites for hydroxylation is 2. The normalized spacial score (nSPS) is 10.2. The van der Waals surface area contributed by atoms with E-state index in [1.807, 2.05) is 38.3 Å². The van der Waals surface area contributed by atoms with E-state index in [0.29, 0.717) is 16.9 Å². The molecule has 0 bridgehead atoms. The Morgan fingerprint density at radius 1 is 0.958 bits per heavy atom. The lowest BCUT2D eigenvalue weighted by molar-refractivity contribution is 0.0844. The first-order chi connectivity index (χ1) is 11.5. The summed E-state index contributed by atoms with van der Waals surface area (Å²) in [5.41, 5.74) is 7.67. The summed E-state index contributed by atoms with van der Waals surface area (Å²) in [6, 6.07) is 10.8. The van der Waals surface area contributed by atoms with Crippen LogP contribution in [0.25, 0.3) is 0 Å². The van der Waals surface area contributed by atoms with Gasteiger partial charge in [-0.25, -0.2) is 0 Å². The number of benzene rings is 2. The van der Waals surface area contributed by atoms with Gasteiger partial charge in [-0.3, -0.25) is 20.4 Å². The molecule has 2 rings (SSSR count). The molecule has 24 heavy (non-hydrogen) atoms. The zero-order chi connectivity index (χ0) is 17.7.